The summed E-state index contributed by atoms with van der Waals surface area (Å²) in [6.07, 6.45) is 0. The Labute approximate surface area is 130 Å². The van der Waals surface area contributed by atoms with Crippen molar-refractivity contribution in [2.45, 2.75) is 6.54 Å². The molecule has 21 heavy (non-hydrogen) atoms. The van der Waals surface area contributed by atoms with E-state index in [4.69, 9.17) is 28.5 Å². The van der Waals surface area contributed by atoms with Crippen molar-refractivity contribution in [1.29, 1.82) is 5.26 Å². The highest BCUT2D eigenvalue weighted by molar-refractivity contribution is 6.42. The Bertz CT molecular complexity index is 741. The van der Waals surface area contributed by atoms with Gasteiger partial charge in [-0.1, -0.05) is 29.3 Å². The van der Waals surface area contributed by atoms with Crippen molar-refractivity contribution < 1.29 is 9.18 Å². The second-order valence-electron chi connectivity index (χ2n) is 4.23. The second-order valence-corrected chi connectivity index (χ2v) is 5.04. The first-order chi connectivity index (χ1) is 10.0. The molecule has 1 amide bonds. The normalized spacial score (nSPS) is 10.0. The minimum atomic E-state index is -0.538. The molecule has 1 N–H and O–H groups in total. The molecular weight excluding hydrogens is 314 g/mol. The summed E-state index contributed by atoms with van der Waals surface area (Å²) in [5, 5.41) is 11.9. The molecule has 0 radical (unpaired) electrons. The number of nitrogens with zero attached hydrogens (tertiary/aromatic N) is 1. The number of benzene rings is 2. The molecule has 0 saturated carbocycles. The molecule has 3 nitrogen and oxygen atoms in total. The van der Waals surface area contributed by atoms with E-state index in [-0.39, 0.29) is 17.1 Å². The highest BCUT2D eigenvalue weighted by Crippen LogP contribution is 2.22. The molecule has 0 aliphatic rings. The van der Waals surface area contributed by atoms with Crippen molar-refractivity contribution in [2.24, 2.45) is 0 Å². The molecule has 2 rings (SSSR count). The van der Waals surface area contributed by atoms with Crippen LogP contribution in [0.15, 0.2) is 36.4 Å². The summed E-state index contributed by atoms with van der Waals surface area (Å²) in [5.74, 6) is -0.930. The second kappa shape index (κ2) is 6.57. The summed E-state index contributed by atoms with van der Waals surface area (Å²) >= 11 is 11.6. The molecule has 2 aromatic rings. The standard InChI is InChI=1S/C15H9Cl2FN2O/c16-12-4-3-10(6-13(12)17)15(21)20-8-11-2-1-9(7-19)5-14(11)18/h1-6H,8H2,(H,20,21). The molecule has 0 aromatic heterocycles. The lowest BCUT2D eigenvalue weighted by Gasteiger charge is -2.07. The lowest BCUT2D eigenvalue weighted by molar-refractivity contribution is 0.0950. The molecule has 0 bridgehead atoms. The van der Waals surface area contributed by atoms with E-state index >= 15 is 0 Å². The number of carbonyl (C=O) groups excluding carboxylic acids is 1. The fourth-order valence-electron chi connectivity index (χ4n) is 1.68. The predicted octanol–water partition coefficient (Wildman–Crippen LogP) is 3.93. The van der Waals surface area contributed by atoms with Gasteiger partial charge in [0.1, 0.15) is 5.82 Å². The molecule has 0 heterocycles. The minimum absolute atomic E-state index is 0.0105. The van der Waals surface area contributed by atoms with Gasteiger partial charge >= 0.3 is 0 Å². The van der Waals surface area contributed by atoms with Gasteiger partial charge in [0.25, 0.3) is 5.91 Å². The summed E-state index contributed by atoms with van der Waals surface area (Å²) in [5.41, 5.74) is 0.855. The molecule has 6 heteroatoms. The number of hydrogen-bond donors (Lipinski definition) is 1. The van der Waals surface area contributed by atoms with E-state index in [1.165, 1.54) is 30.3 Å². The van der Waals surface area contributed by atoms with Crippen molar-refractivity contribution in [3.63, 3.8) is 0 Å². The molecule has 0 unspecified atom stereocenters. The molecule has 0 saturated heterocycles. The third-order valence-electron chi connectivity index (χ3n) is 2.80. The van der Waals surface area contributed by atoms with Gasteiger partial charge in [0.15, 0.2) is 0 Å². The van der Waals surface area contributed by atoms with Crippen LogP contribution in [0.5, 0.6) is 0 Å². The van der Waals surface area contributed by atoms with E-state index in [2.05, 4.69) is 5.32 Å². The van der Waals surface area contributed by atoms with Gasteiger partial charge in [0, 0.05) is 17.7 Å². The van der Waals surface area contributed by atoms with Gasteiger partial charge in [-0.05, 0) is 30.3 Å². The van der Waals surface area contributed by atoms with E-state index < -0.39 is 11.7 Å². The molecule has 0 aliphatic carbocycles. The number of carbonyl (C=O) groups is 1. The number of nitrogens with one attached hydrogen (secondary N) is 1. The zero-order chi connectivity index (χ0) is 15.4. The Balaban J connectivity index is 2.07. The zero-order valence-corrected chi connectivity index (χ0v) is 12.2. The maximum absolute atomic E-state index is 13.7. The quantitative estimate of drug-likeness (QED) is 0.930. The van der Waals surface area contributed by atoms with Crippen LogP contribution in [0.25, 0.3) is 0 Å². The first-order valence-electron chi connectivity index (χ1n) is 5.93. The monoisotopic (exact) mass is 322 g/mol. The van der Waals surface area contributed by atoms with Crippen molar-refractivity contribution in [2.75, 3.05) is 0 Å². The lowest BCUT2D eigenvalue weighted by Crippen LogP contribution is -2.23. The van der Waals surface area contributed by atoms with Crippen LogP contribution in [0.2, 0.25) is 10.0 Å². The molecule has 0 aliphatic heterocycles. The molecule has 106 valence electrons. The molecule has 0 spiro atoms. The van der Waals surface area contributed by atoms with E-state index in [0.29, 0.717) is 16.1 Å². The van der Waals surface area contributed by atoms with Crippen LogP contribution in [0, 0.1) is 17.1 Å². The topological polar surface area (TPSA) is 52.9 Å². The van der Waals surface area contributed by atoms with Gasteiger partial charge in [-0.25, -0.2) is 4.39 Å². The summed E-state index contributed by atoms with van der Waals surface area (Å²) in [7, 11) is 0. The van der Waals surface area contributed by atoms with Crippen molar-refractivity contribution >= 4 is 29.1 Å². The van der Waals surface area contributed by atoms with E-state index in [1.54, 1.807) is 0 Å². The highest BCUT2D eigenvalue weighted by atomic mass is 35.5. The van der Waals surface area contributed by atoms with E-state index in [9.17, 15) is 9.18 Å². The van der Waals surface area contributed by atoms with Crippen LogP contribution in [0.1, 0.15) is 21.5 Å². The lowest BCUT2D eigenvalue weighted by atomic mass is 10.1. The van der Waals surface area contributed by atoms with Crippen molar-refractivity contribution in [3.8, 4) is 6.07 Å². The van der Waals surface area contributed by atoms with Crippen molar-refractivity contribution in [3.05, 3.63) is 69.0 Å². The molecule has 0 fully saturated rings. The van der Waals surface area contributed by atoms with Gasteiger partial charge in [-0.3, -0.25) is 4.79 Å². The van der Waals surface area contributed by atoms with Crippen LogP contribution < -0.4 is 5.32 Å². The summed E-state index contributed by atoms with van der Waals surface area (Å²) in [6, 6.07) is 10.4. The number of hydrogen-bond acceptors (Lipinski definition) is 2. The van der Waals surface area contributed by atoms with Gasteiger partial charge in [0.2, 0.25) is 0 Å². The minimum Gasteiger partial charge on any atom is -0.348 e. The predicted molar refractivity (Wildman–Crippen MR) is 78.7 cm³/mol. The Morgan fingerprint density at radius 2 is 1.95 bits per heavy atom. The SMILES string of the molecule is N#Cc1ccc(CNC(=O)c2ccc(Cl)c(Cl)c2)c(F)c1. The Kier molecular flexibility index (Phi) is 4.79. The molecule has 2 aromatic carbocycles. The first-order valence-corrected chi connectivity index (χ1v) is 6.68. The van der Waals surface area contributed by atoms with Gasteiger partial charge in [-0.2, -0.15) is 5.26 Å². The Hall–Kier alpha value is -2.09. The van der Waals surface area contributed by atoms with Crippen LogP contribution >= 0.6 is 23.2 Å². The van der Waals surface area contributed by atoms with Crippen LogP contribution in [-0.2, 0) is 6.54 Å². The third-order valence-corrected chi connectivity index (χ3v) is 3.54. The zero-order valence-electron chi connectivity index (χ0n) is 10.7. The largest absolute Gasteiger partial charge is 0.348 e. The van der Waals surface area contributed by atoms with Crippen LogP contribution in [0.4, 0.5) is 4.39 Å². The first kappa shape index (κ1) is 15.3. The van der Waals surface area contributed by atoms with Crippen LogP contribution in [0.3, 0.4) is 0 Å². The maximum Gasteiger partial charge on any atom is 0.251 e. The smallest absolute Gasteiger partial charge is 0.251 e. The number of amides is 1. The average Bonchev–Trinajstić information content (AvgIpc) is 2.48. The summed E-state index contributed by atoms with van der Waals surface area (Å²) in [6.45, 7) is 0.0105. The van der Waals surface area contributed by atoms with Crippen LogP contribution in [-0.4, -0.2) is 5.91 Å². The summed E-state index contributed by atoms with van der Waals surface area (Å²) in [4.78, 5) is 11.9. The average molecular weight is 323 g/mol. The molecule has 0 atom stereocenters. The van der Waals surface area contributed by atoms with Gasteiger partial charge < -0.3 is 5.32 Å². The Morgan fingerprint density at radius 3 is 2.57 bits per heavy atom. The third kappa shape index (κ3) is 3.72. The van der Waals surface area contributed by atoms with E-state index in [1.807, 2.05) is 6.07 Å². The van der Waals surface area contributed by atoms with Gasteiger partial charge in [-0.15, -0.1) is 0 Å². The highest BCUT2D eigenvalue weighted by Gasteiger charge is 2.09. The fourth-order valence-corrected chi connectivity index (χ4v) is 1.97. The summed E-state index contributed by atoms with van der Waals surface area (Å²) < 4.78 is 13.7. The fraction of sp³-hybridized carbons (Fsp3) is 0.0667. The number of halogens is 3. The Morgan fingerprint density at radius 1 is 1.19 bits per heavy atom. The molecular formula is C15H9Cl2FN2O. The number of nitriles is 1. The number of rotatable bonds is 3. The van der Waals surface area contributed by atoms with Gasteiger partial charge in [0.05, 0.1) is 21.7 Å². The van der Waals surface area contributed by atoms with E-state index in [0.717, 1.165) is 6.07 Å². The maximum atomic E-state index is 13.7. The van der Waals surface area contributed by atoms with Crippen molar-refractivity contribution in [1.82, 2.24) is 5.32 Å².